The lowest BCUT2D eigenvalue weighted by Crippen LogP contribution is -2.20. The van der Waals surface area contributed by atoms with E-state index >= 15 is 0 Å². The van der Waals surface area contributed by atoms with E-state index in [0.717, 1.165) is 16.7 Å². The van der Waals surface area contributed by atoms with Gasteiger partial charge in [0.05, 0.1) is 7.11 Å². The number of nitrogens with one attached hydrogen (secondary N) is 2. The summed E-state index contributed by atoms with van der Waals surface area (Å²) >= 11 is 0. The number of allylic oxidation sites excluding steroid dienone is 2. The lowest BCUT2D eigenvalue weighted by atomic mass is 9.96. The first-order valence-corrected chi connectivity index (χ1v) is 12.8. The molecule has 3 rings (SSSR count). The average Bonchev–Trinajstić information content (AvgIpc) is 2.96. The molecule has 0 aliphatic carbocycles. The quantitative estimate of drug-likeness (QED) is 0.149. The number of likely N-dealkylation sites (N-methyl/N-ethyl adjacent to an activating group) is 1. The number of rotatable bonds is 9. The van der Waals surface area contributed by atoms with Gasteiger partial charge in [0.1, 0.15) is 0 Å². The van der Waals surface area contributed by atoms with Crippen LogP contribution in [0.15, 0.2) is 91.2 Å². The second kappa shape index (κ2) is 18.1. The summed E-state index contributed by atoms with van der Waals surface area (Å²) in [6, 6.07) is 22.7. The third kappa shape index (κ3) is 11.3. The molecule has 1 atom stereocenters. The van der Waals surface area contributed by atoms with Crippen molar-refractivity contribution in [3.8, 4) is 0 Å². The van der Waals surface area contributed by atoms with Crippen molar-refractivity contribution in [1.29, 1.82) is 0 Å². The smallest absolute Gasteiger partial charge is 0.330 e. The minimum Gasteiger partial charge on any atom is -0.466 e. The van der Waals surface area contributed by atoms with Crippen molar-refractivity contribution in [1.82, 2.24) is 10.6 Å². The largest absolute Gasteiger partial charge is 0.466 e. The summed E-state index contributed by atoms with van der Waals surface area (Å²) in [5, 5.41) is 8.39. The van der Waals surface area contributed by atoms with Gasteiger partial charge in [-0.1, -0.05) is 98.8 Å². The maximum Gasteiger partial charge on any atom is 0.330 e. The summed E-state index contributed by atoms with van der Waals surface area (Å²) in [7, 11) is 3.16. The molecule has 0 saturated carbocycles. The molecule has 0 aliphatic rings. The van der Waals surface area contributed by atoms with Crippen LogP contribution in [0.25, 0.3) is 16.3 Å². The highest BCUT2D eigenvalue weighted by atomic mass is 16.5. The number of hydrogen-bond acceptors (Lipinski definition) is 6. The van der Waals surface area contributed by atoms with Crippen LogP contribution in [0, 0.1) is 0 Å². The van der Waals surface area contributed by atoms with Gasteiger partial charge in [-0.25, -0.2) is 9.59 Å². The molecule has 3 aromatic carbocycles. The summed E-state index contributed by atoms with van der Waals surface area (Å²) in [5.41, 5.74) is 4.32. The first-order chi connectivity index (χ1) is 18.7. The Morgan fingerprint density at radius 3 is 2.21 bits per heavy atom. The SMILES string of the molecule is C=C(C)c1ccccc1C(C)NC(=C=O)C=O.CC(C)c1cccc2ccccc12.CNC/C=C/C(=O)OC. The van der Waals surface area contributed by atoms with Crippen molar-refractivity contribution in [2.24, 2.45) is 0 Å². The fourth-order valence-electron chi connectivity index (χ4n) is 3.76. The van der Waals surface area contributed by atoms with Gasteiger partial charge in [0.2, 0.25) is 0 Å². The highest BCUT2D eigenvalue weighted by molar-refractivity contribution is 5.86. The van der Waals surface area contributed by atoms with E-state index in [1.165, 1.54) is 29.5 Å². The molecule has 3 aromatic rings. The summed E-state index contributed by atoms with van der Waals surface area (Å²) in [6.45, 7) is 12.9. The van der Waals surface area contributed by atoms with Gasteiger partial charge in [-0.3, -0.25) is 4.79 Å². The van der Waals surface area contributed by atoms with Crippen LogP contribution in [-0.4, -0.2) is 38.9 Å². The lowest BCUT2D eigenvalue weighted by Gasteiger charge is -2.17. The van der Waals surface area contributed by atoms with E-state index in [0.29, 0.717) is 18.7 Å². The second-order valence-corrected chi connectivity index (χ2v) is 9.07. The van der Waals surface area contributed by atoms with E-state index in [1.54, 1.807) is 12.0 Å². The predicted molar refractivity (Wildman–Crippen MR) is 161 cm³/mol. The van der Waals surface area contributed by atoms with Crippen LogP contribution in [0.2, 0.25) is 0 Å². The highest BCUT2D eigenvalue weighted by Gasteiger charge is 2.11. The number of fused-ring (bicyclic) bond motifs is 1. The summed E-state index contributed by atoms with van der Waals surface area (Å²) in [5.74, 6) is 1.85. The number of hydrogen-bond donors (Lipinski definition) is 2. The lowest BCUT2D eigenvalue weighted by molar-refractivity contribution is -0.134. The van der Waals surface area contributed by atoms with E-state index < -0.39 is 0 Å². The summed E-state index contributed by atoms with van der Waals surface area (Å²) in [4.78, 5) is 31.3. The van der Waals surface area contributed by atoms with Gasteiger partial charge >= 0.3 is 5.97 Å². The Bertz CT molecular complexity index is 1300. The maximum absolute atomic E-state index is 10.5. The molecule has 39 heavy (non-hydrogen) atoms. The second-order valence-electron chi connectivity index (χ2n) is 9.07. The number of methoxy groups -OCH3 is 1. The minimum atomic E-state index is -0.315. The zero-order valence-corrected chi connectivity index (χ0v) is 23.8. The summed E-state index contributed by atoms with van der Waals surface area (Å²) in [6.07, 6.45) is 3.55. The van der Waals surface area contributed by atoms with E-state index in [-0.39, 0.29) is 17.7 Å². The zero-order chi connectivity index (χ0) is 29.2. The molecule has 0 spiro atoms. The molecule has 0 aromatic heterocycles. The molecule has 206 valence electrons. The Kier molecular flexibility index (Phi) is 15.2. The van der Waals surface area contributed by atoms with Gasteiger partial charge in [-0.05, 0) is 54.3 Å². The number of esters is 1. The first-order valence-electron chi connectivity index (χ1n) is 12.8. The Morgan fingerprint density at radius 1 is 1.00 bits per heavy atom. The number of carbonyl (C=O) groups is 2. The van der Waals surface area contributed by atoms with Crippen molar-refractivity contribution in [3.05, 3.63) is 108 Å². The zero-order valence-electron chi connectivity index (χ0n) is 23.8. The minimum absolute atomic E-state index is 0.0750. The van der Waals surface area contributed by atoms with Crippen molar-refractivity contribution in [2.75, 3.05) is 20.7 Å². The number of benzene rings is 3. The Balaban J connectivity index is 0.000000308. The molecule has 2 N–H and O–H groups in total. The van der Waals surface area contributed by atoms with E-state index in [9.17, 15) is 14.4 Å². The molecule has 0 fully saturated rings. The normalized spacial score (nSPS) is 10.8. The predicted octanol–water partition coefficient (Wildman–Crippen LogP) is 6.18. The van der Waals surface area contributed by atoms with E-state index in [4.69, 9.17) is 0 Å². The van der Waals surface area contributed by atoms with Gasteiger partial charge in [-0.2, -0.15) is 0 Å². The molecule has 0 bridgehead atoms. The highest BCUT2D eigenvalue weighted by Crippen LogP contribution is 2.25. The molecular formula is C33H40N2O4. The molecule has 0 aliphatic heterocycles. The Hall–Kier alpha value is -4.25. The number of aldehydes is 1. The fourth-order valence-corrected chi connectivity index (χ4v) is 3.76. The van der Waals surface area contributed by atoms with Crippen molar-refractivity contribution >= 4 is 34.5 Å². The van der Waals surface area contributed by atoms with E-state index in [2.05, 4.69) is 78.3 Å². The van der Waals surface area contributed by atoms with Crippen molar-refractivity contribution in [2.45, 2.75) is 39.7 Å². The van der Waals surface area contributed by atoms with Crippen LogP contribution >= 0.6 is 0 Å². The van der Waals surface area contributed by atoms with Crippen molar-refractivity contribution in [3.63, 3.8) is 0 Å². The Labute approximate surface area is 232 Å². The monoisotopic (exact) mass is 528 g/mol. The number of carbonyl (C=O) groups excluding carboxylic acids is 3. The molecule has 0 heterocycles. The van der Waals surface area contributed by atoms with Crippen LogP contribution in [0.4, 0.5) is 0 Å². The van der Waals surface area contributed by atoms with E-state index in [1.807, 2.05) is 45.2 Å². The van der Waals surface area contributed by atoms with Crippen LogP contribution in [0.5, 0.6) is 0 Å². The van der Waals surface area contributed by atoms with Crippen molar-refractivity contribution < 1.29 is 19.1 Å². The third-order valence-electron chi connectivity index (χ3n) is 5.71. The van der Waals surface area contributed by atoms with Gasteiger partial charge < -0.3 is 15.4 Å². The maximum atomic E-state index is 10.5. The van der Waals surface area contributed by atoms with Crippen LogP contribution in [-0.2, 0) is 19.1 Å². The standard InChI is InChI=1S/C14H15NO2.C13H14.C6H11NO2/c1-10(2)13-6-4-5-7-14(13)11(3)15-12(8-16)9-17;1-10(2)12-9-5-7-11-6-3-4-8-13(11)12;1-7-5-3-4-6(8)9-2/h4-8,11,15H,1H2,2-3H3;3-10H,1-2H3;3-4,7H,5H2,1-2H3/b;;4-3+. The van der Waals surface area contributed by atoms with Gasteiger partial charge in [-0.15, -0.1) is 0 Å². The molecule has 0 amide bonds. The summed E-state index contributed by atoms with van der Waals surface area (Å²) < 4.78 is 4.34. The van der Waals surface area contributed by atoms with Gasteiger partial charge in [0.15, 0.2) is 17.9 Å². The Morgan fingerprint density at radius 2 is 1.62 bits per heavy atom. The fraction of sp³-hybridized carbons (Fsp3) is 0.273. The average molecular weight is 529 g/mol. The molecular weight excluding hydrogens is 488 g/mol. The molecule has 0 radical (unpaired) electrons. The van der Waals surface area contributed by atoms with Crippen LogP contribution in [0.1, 0.15) is 56.3 Å². The van der Waals surface area contributed by atoms with Gasteiger partial charge in [0.25, 0.3) is 0 Å². The molecule has 0 saturated heterocycles. The molecule has 6 heteroatoms. The molecule has 1 unspecified atom stereocenters. The van der Waals surface area contributed by atoms with Crippen LogP contribution < -0.4 is 10.6 Å². The number of ether oxygens (including phenoxy) is 1. The van der Waals surface area contributed by atoms with Crippen LogP contribution in [0.3, 0.4) is 0 Å². The van der Waals surface area contributed by atoms with Gasteiger partial charge in [0, 0.05) is 18.7 Å². The first kappa shape index (κ1) is 32.8. The topological polar surface area (TPSA) is 84.5 Å². The third-order valence-corrected chi connectivity index (χ3v) is 5.71. The molecule has 6 nitrogen and oxygen atoms in total.